The zero-order valence-corrected chi connectivity index (χ0v) is 13.6. The van der Waals surface area contributed by atoms with Crippen molar-refractivity contribution < 1.29 is 5.11 Å². The Hall–Kier alpha value is -1.76. The summed E-state index contributed by atoms with van der Waals surface area (Å²) >= 11 is 0. The van der Waals surface area contributed by atoms with Crippen LogP contribution in [0, 0.1) is 11.8 Å². The van der Waals surface area contributed by atoms with Crippen molar-refractivity contribution in [2.75, 3.05) is 0 Å². The van der Waals surface area contributed by atoms with Gasteiger partial charge in [-0.3, -0.25) is 0 Å². The molecular weight excluding hydrogens is 256 g/mol. The number of hydrogen-bond acceptors (Lipinski definition) is 1. The van der Waals surface area contributed by atoms with Crippen LogP contribution < -0.4 is 0 Å². The first-order chi connectivity index (χ1) is 9.97. The molecule has 0 bridgehead atoms. The largest absolute Gasteiger partial charge is 0.508 e. The van der Waals surface area contributed by atoms with Crippen molar-refractivity contribution in [2.24, 2.45) is 11.8 Å². The second kappa shape index (κ2) is 6.80. The summed E-state index contributed by atoms with van der Waals surface area (Å²) in [6.45, 7) is 9.04. The molecule has 1 heteroatoms. The van der Waals surface area contributed by atoms with E-state index in [0.29, 0.717) is 17.6 Å². The van der Waals surface area contributed by atoms with Gasteiger partial charge in [0, 0.05) is 0 Å². The molecule has 1 nitrogen and oxygen atoms in total. The van der Waals surface area contributed by atoms with Gasteiger partial charge in [0.1, 0.15) is 5.75 Å². The highest BCUT2D eigenvalue weighted by atomic mass is 16.3. The van der Waals surface area contributed by atoms with Gasteiger partial charge in [-0.05, 0) is 59.1 Å². The van der Waals surface area contributed by atoms with Crippen LogP contribution in [0.15, 0.2) is 42.5 Å². The lowest BCUT2D eigenvalue weighted by molar-refractivity contribution is 0.475. The fraction of sp³-hybridized carbons (Fsp3) is 0.400. The molecule has 112 valence electrons. The molecule has 0 radical (unpaired) electrons. The molecule has 0 aliphatic rings. The van der Waals surface area contributed by atoms with Gasteiger partial charge in [-0.1, -0.05) is 58.0 Å². The average Bonchev–Trinajstić information content (AvgIpc) is 2.39. The summed E-state index contributed by atoms with van der Waals surface area (Å²) < 4.78 is 0. The van der Waals surface area contributed by atoms with Gasteiger partial charge in [-0.25, -0.2) is 0 Å². The number of phenolic OH excluding ortho intramolecular Hbond substituents is 1. The molecule has 0 aromatic heterocycles. The monoisotopic (exact) mass is 282 g/mol. The van der Waals surface area contributed by atoms with E-state index >= 15 is 0 Å². The summed E-state index contributed by atoms with van der Waals surface area (Å²) in [5.41, 5.74) is 5.39. The lowest BCUT2D eigenvalue weighted by Crippen LogP contribution is -2.03. The van der Waals surface area contributed by atoms with E-state index in [1.807, 2.05) is 12.1 Å². The van der Waals surface area contributed by atoms with E-state index in [2.05, 4.69) is 45.9 Å². The quantitative estimate of drug-likeness (QED) is 0.772. The van der Waals surface area contributed by atoms with Gasteiger partial charge in [0.05, 0.1) is 0 Å². The summed E-state index contributed by atoms with van der Waals surface area (Å²) in [4.78, 5) is 0. The van der Waals surface area contributed by atoms with E-state index in [1.54, 1.807) is 12.1 Å². The van der Waals surface area contributed by atoms with Crippen LogP contribution in [0.1, 0.15) is 38.8 Å². The molecule has 2 aromatic carbocycles. The van der Waals surface area contributed by atoms with E-state index in [1.165, 1.54) is 22.3 Å². The Labute approximate surface area is 128 Å². The summed E-state index contributed by atoms with van der Waals surface area (Å²) in [6.07, 6.45) is 2.17. The molecule has 1 N–H and O–H groups in total. The van der Waals surface area contributed by atoms with Crippen molar-refractivity contribution >= 4 is 0 Å². The van der Waals surface area contributed by atoms with Crippen LogP contribution in [0.5, 0.6) is 5.75 Å². The van der Waals surface area contributed by atoms with Crippen LogP contribution >= 0.6 is 0 Å². The maximum atomic E-state index is 9.53. The Balaban J connectivity index is 2.54. The Kier molecular flexibility index (Phi) is 5.06. The maximum absolute atomic E-state index is 9.53. The van der Waals surface area contributed by atoms with Crippen LogP contribution in [-0.2, 0) is 12.8 Å². The second-order valence-corrected chi connectivity index (χ2v) is 6.69. The topological polar surface area (TPSA) is 20.2 Å². The SMILES string of the molecule is CC(C)Cc1cccc(CC(C)C)c1-c1ccc(O)cc1. The lowest BCUT2D eigenvalue weighted by atomic mass is 9.87. The molecular formula is C20H26O. The highest BCUT2D eigenvalue weighted by molar-refractivity contribution is 5.71. The summed E-state index contributed by atoms with van der Waals surface area (Å²) in [7, 11) is 0. The summed E-state index contributed by atoms with van der Waals surface area (Å²) in [6, 6.07) is 14.3. The first-order valence-electron chi connectivity index (χ1n) is 7.87. The number of rotatable bonds is 5. The molecule has 2 aromatic rings. The third-order valence-corrected chi connectivity index (χ3v) is 3.65. The number of benzene rings is 2. The fourth-order valence-electron chi connectivity index (χ4n) is 2.87. The standard InChI is InChI=1S/C20H26O/c1-14(2)12-17-6-5-7-18(13-15(3)4)20(17)16-8-10-19(21)11-9-16/h5-11,14-15,21H,12-13H2,1-4H3. The predicted molar refractivity (Wildman–Crippen MR) is 90.6 cm³/mol. The van der Waals surface area contributed by atoms with E-state index in [0.717, 1.165) is 12.8 Å². The van der Waals surface area contributed by atoms with Gasteiger partial charge >= 0.3 is 0 Å². The van der Waals surface area contributed by atoms with Gasteiger partial charge in [-0.15, -0.1) is 0 Å². The van der Waals surface area contributed by atoms with Crippen LogP contribution in [0.3, 0.4) is 0 Å². The van der Waals surface area contributed by atoms with E-state index < -0.39 is 0 Å². The Morgan fingerprint density at radius 2 is 1.24 bits per heavy atom. The van der Waals surface area contributed by atoms with Crippen molar-refractivity contribution in [1.29, 1.82) is 0 Å². The van der Waals surface area contributed by atoms with Crippen molar-refractivity contribution in [3.8, 4) is 16.9 Å². The molecule has 2 rings (SSSR count). The molecule has 0 atom stereocenters. The minimum atomic E-state index is 0.325. The first kappa shape index (κ1) is 15.6. The first-order valence-corrected chi connectivity index (χ1v) is 7.87. The van der Waals surface area contributed by atoms with Crippen LogP contribution in [0.25, 0.3) is 11.1 Å². The van der Waals surface area contributed by atoms with Crippen LogP contribution in [-0.4, -0.2) is 5.11 Å². The molecule has 0 aliphatic carbocycles. The molecule has 0 amide bonds. The van der Waals surface area contributed by atoms with Crippen molar-refractivity contribution in [1.82, 2.24) is 0 Å². The molecule has 0 unspecified atom stereocenters. The van der Waals surface area contributed by atoms with Gasteiger partial charge in [0.2, 0.25) is 0 Å². The minimum absolute atomic E-state index is 0.325. The van der Waals surface area contributed by atoms with E-state index in [9.17, 15) is 5.11 Å². The molecule has 0 saturated carbocycles. The normalized spacial score (nSPS) is 11.3. The van der Waals surface area contributed by atoms with Crippen LogP contribution in [0.4, 0.5) is 0 Å². The maximum Gasteiger partial charge on any atom is 0.115 e. The minimum Gasteiger partial charge on any atom is -0.508 e. The number of phenols is 1. The summed E-state index contributed by atoms with van der Waals surface area (Å²) in [5, 5.41) is 9.53. The summed E-state index contributed by atoms with van der Waals surface area (Å²) in [5.74, 6) is 1.59. The van der Waals surface area contributed by atoms with Gasteiger partial charge in [0.15, 0.2) is 0 Å². The Morgan fingerprint density at radius 3 is 1.67 bits per heavy atom. The zero-order chi connectivity index (χ0) is 15.4. The predicted octanol–water partition coefficient (Wildman–Crippen LogP) is 5.46. The van der Waals surface area contributed by atoms with Gasteiger partial charge < -0.3 is 5.11 Å². The Morgan fingerprint density at radius 1 is 0.762 bits per heavy atom. The highest BCUT2D eigenvalue weighted by Gasteiger charge is 2.13. The third kappa shape index (κ3) is 4.10. The molecule has 0 saturated heterocycles. The highest BCUT2D eigenvalue weighted by Crippen LogP contribution is 2.32. The van der Waals surface area contributed by atoms with Gasteiger partial charge in [0.25, 0.3) is 0 Å². The molecule has 0 aliphatic heterocycles. The fourth-order valence-corrected chi connectivity index (χ4v) is 2.87. The Bertz CT molecular complexity index is 551. The molecule has 0 heterocycles. The number of hydrogen-bond donors (Lipinski definition) is 1. The lowest BCUT2D eigenvalue weighted by Gasteiger charge is -2.18. The second-order valence-electron chi connectivity index (χ2n) is 6.69. The van der Waals surface area contributed by atoms with E-state index in [-0.39, 0.29) is 0 Å². The van der Waals surface area contributed by atoms with Crippen LogP contribution in [0.2, 0.25) is 0 Å². The van der Waals surface area contributed by atoms with Crippen molar-refractivity contribution in [3.63, 3.8) is 0 Å². The third-order valence-electron chi connectivity index (χ3n) is 3.65. The number of aromatic hydroxyl groups is 1. The smallest absolute Gasteiger partial charge is 0.115 e. The molecule has 0 fully saturated rings. The van der Waals surface area contributed by atoms with Gasteiger partial charge in [-0.2, -0.15) is 0 Å². The molecule has 21 heavy (non-hydrogen) atoms. The zero-order valence-electron chi connectivity index (χ0n) is 13.6. The van der Waals surface area contributed by atoms with Crippen molar-refractivity contribution in [2.45, 2.75) is 40.5 Å². The molecule has 0 spiro atoms. The van der Waals surface area contributed by atoms with E-state index in [4.69, 9.17) is 0 Å². The van der Waals surface area contributed by atoms with Crippen molar-refractivity contribution in [3.05, 3.63) is 53.6 Å². The average molecular weight is 282 g/mol.